The zero-order chi connectivity index (χ0) is 21.4. The lowest BCUT2D eigenvalue weighted by Gasteiger charge is -2.40. The summed E-state index contributed by atoms with van der Waals surface area (Å²) >= 11 is 1.54. The van der Waals surface area contributed by atoms with E-state index in [0.29, 0.717) is 36.6 Å². The molecule has 2 saturated heterocycles. The minimum absolute atomic E-state index is 0.110. The van der Waals surface area contributed by atoms with Crippen molar-refractivity contribution in [2.45, 2.75) is 37.6 Å². The van der Waals surface area contributed by atoms with Gasteiger partial charge in [-0.1, -0.05) is 0 Å². The molecule has 0 radical (unpaired) electrons. The fraction of sp³-hybridized carbons (Fsp3) is 0.524. The highest BCUT2D eigenvalue weighted by molar-refractivity contribution is 7.09. The molecule has 9 heteroatoms. The Hall–Kier alpha value is -2.23. The van der Waals surface area contributed by atoms with Gasteiger partial charge in [-0.05, 0) is 32.0 Å². The number of likely N-dealkylation sites (tertiary alicyclic amines) is 1. The van der Waals surface area contributed by atoms with Crippen LogP contribution in [0.5, 0.6) is 11.5 Å². The van der Waals surface area contributed by atoms with Gasteiger partial charge in [-0.2, -0.15) is 0 Å². The van der Waals surface area contributed by atoms with E-state index in [9.17, 15) is 9.18 Å². The largest absolute Gasteiger partial charge is 0.493 e. The Balaban J connectivity index is 1.49. The molecule has 0 bridgehead atoms. The van der Waals surface area contributed by atoms with Gasteiger partial charge in [-0.3, -0.25) is 4.79 Å². The molecule has 7 nitrogen and oxygen atoms in total. The molecule has 30 heavy (non-hydrogen) atoms. The van der Waals surface area contributed by atoms with Gasteiger partial charge < -0.3 is 23.8 Å². The summed E-state index contributed by atoms with van der Waals surface area (Å²) in [7, 11) is 1.49. The number of methoxy groups -OCH3 is 1. The van der Waals surface area contributed by atoms with Crippen LogP contribution < -0.4 is 9.47 Å². The lowest BCUT2D eigenvalue weighted by molar-refractivity contribution is -0.0440. The van der Waals surface area contributed by atoms with Crippen molar-refractivity contribution in [1.29, 1.82) is 0 Å². The average Bonchev–Trinajstić information content (AvgIpc) is 3.40. The molecule has 0 spiro atoms. The SMILES string of the molecule is COc1cc(C(=O)N2CCC3(c4nccs4)OCOC3C2)ccc1OCC(C)(C)F. The van der Waals surface area contributed by atoms with Gasteiger partial charge >= 0.3 is 0 Å². The second-order valence-electron chi connectivity index (χ2n) is 8.02. The zero-order valence-corrected chi connectivity index (χ0v) is 18.0. The van der Waals surface area contributed by atoms with Gasteiger partial charge in [0.05, 0.1) is 13.7 Å². The summed E-state index contributed by atoms with van der Waals surface area (Å²) in [6.07, 6.45) is 2.10. The number of piperidine rings is 1. The number of fused-ring (bicyclic) bond motifs is 1. The highest BCUT2D eigenvalue weighted by atomic mass is 32.1. The van der Waals surface area contributed by atoms with Crippen LogP contribution in [0.3, 0.4) is 0 Å². The van der Waals surface area contributed by atoms with E-state index in [-0.39, 0.29) is 25.4 Å². The average molecular weight is 437 g/mol. The molecule has 2 atom stereocenters. The van der Waals surface area contributed by atoms with Crippen LogP contribution in [0.25, 0.3) is 0 Å². The highest BCUT2D eigenvalue weighted by Crippen LogP contribution is 2.43. The van der Waals surface area contributed by atoms with Crippen LogP contribution >= 0.6 is 11.3 Å². The second-order valence-corrected chi connectivity index (χ2v) is 8.91. The molecule has 162 valence electrons. The van der Waals surface area contributed by atoms with Gasteiger partial charge in [-0.15, -0.1) is 11.3 Å². The van der Waals surface area contributed by atoms with Gasteiger partial charge in [0.25, 0.3) is 5.91 Å². The molecule has 1 aromatic carbocycles. The minimum Gasteiger partial charge on any atom is -0.493 e. The zero-order valence-electron chi connectivity index (χ0n) is 17.2. The Morgan fingerprint density at radius 3 is 2.97 bits per heavy atom. The van der Waals surface area contributed by atoms with Crippen LogP contribution in [0.1, 0.15) is 35.6 Å². The third-order valence-corrected chi connectivity index (χ3v) is 6.24. The van der Waals surface area contributed by atoms with Crippen molar-refractivity contribution in [1.82, 2.24) is 9.88 Å². The van der Waals surface area contributed by atoms with Crippen molar-refractivity contribution in [3.8, 4) is 11.5 Å². The number of hydrogen-bond donors (Lipinski definition) is 0. The van der Waals surface area contributed by atoms with Crippen molar-refractivity contribution in [3.63, 3.8) is 0 Å². The molecule has 2 fully saturated rings. The smallest absolute Gasteiger partial charge is 0.254 e. The molecule has 0 saturated carbocycles. The Morgan fingerprint density at radius 2 is 2.27 bits per heavy atom. The first kappa shape index (κ1) is 21.0. The topological polar surface area (TPSA) is 70.1 Å². The van der Waals surface area contributed by atoms with E-state index in [1.165, 1.54) is 32.3 Å². The van der Waals surface area contributed by atoms with Crippen LogP contribution in [-0.2, 0) is 15.1 Å². The van der Waals surface area contributed by atoms with E-state index in [1.807, 2.05) is 5.38 Å². The quantitative estimate of drug-likeness (QED) is 0.691. The minimum atomic E-state index is -1.47. The van der Waals surface area contributed by atoms with Crippen LogP contribution in [0.2, 0.25) is 0 Å². The van der Waals surface area contributed by atoms with Crippen LogP contribution in [0.15, 0.2) is 29.8 Å². The number of halogens is 1. The number of carbonyl (C=O) groups is 1. The predicted octanol–water partition coefficient (Wildman–Crippen LogP) is 3.39. The number of nitrogens with zero attached hydrogens (tertiary/aromatic N) is 2. The Morgan fingerprint density at radius 1 is 1.43 bits per heavy atom. The number of rotatable bonds is 6. The molecule has 2 aromatic rings. The Kier molecular flexibility index (Phi) is 5.69. The van der Waals surface area contributed by atoms with Crippen molar-refractivity contribution in [3.05, 3.63) is 40.3 Å². The number of benzene rings is 1. The van der Waals surface area contributed by atoms with E-state index in [2.05, 4.69) is 4.98 Å². The lowest BCUT2D eigenvalue weighted by atomic mass is 9.89. The van der Waals surface area contributed by atoms with E-state index in [0.717, 1.165) is 5.01 Å². The predicted molar refractivity (Wildman–Crippen MR) is 109 cm³/mol. The summed E-state index contributed by atoms with van der Waals surface area (Å²) in [6.45, 7) is 3.89. The number of ether oxygens (including phenoxy) is 4. The Bertz CT molecular complexity index is 901. The summed E-state index contributed by atoms with van der Waals surface area (Å²) in [6, 6.07) is 4.93. The number of carbonyl (C=O) groups excluding carboxylic acids is 1. The summed E-state index contributed by atoms with van der Waals surface area (Å²) in [5, 5.41) is 2.80. The van der Waals surface area contributed by atoms with Crippen molar-refractivity contribution in [2.75, 3.05) is 33.6 Å². The number of thiazole rings is 1. The first-order valence-electron chi connectivity index (χ1n) is 9.77. The fourth-order valence-electron chi connectivity index (χ4n) is 3.75. The third-order valence-electron chi connectivity index (χ3n) is 5.31. The summed E-state index contributed by atoms with van der Waals surface area (Å²) in [5.41, 5.74) is -1.58. The molecule has 1 amide bonds. The van der Waals surface area contributed by atoms with Crippen LogP contribution in [0.4, 0.5) is 4.39 Å². The van der Waals surface area contributed by atoms with Crippen molar-refractivity contribution in [2.24, 2.45) is 0 Å². The van der Waals surface area contributed by atoms with E-state index >= 15 is 0 Å². The molecule has 1 aromatic heterocycles. The van der Waals surface area contributed by atoms with Gasteiger partial charge in [0.1, 0.15) is 30.2 Å². The molecular formula is C21H25FN2O5S. The Labute approximate surface area is 178 Å². The standard InChI is InChI=1S/C21H25FN2O5S/c1-20(2,22)12-27-15-5-4-14(10-16(15)26-3)18(25)24-8-6-21(19-23-7-9-30-19)17(11-24)28-13-29-21/h4-5,7,9-10,17H,6,8,11-13H2,1-3H3. The third kappa shape index (κ3) is 4.01. The summed E-state index contributed by atoms with van der Waals surface area (Å²) < 4.78 is 36.4. The normalized spacial score (nSPS) is 23.9. The molecule has 3 heterocycles. The first-order valence-corrected chi connectivity index (χ1v) is 10.6. The molecule has 2 aliphatic rings. The van der Waals surface area contributed by atoms with Gasteiger partial charge in [0.15, 0.2) is 17.1 Å². The van der Waals surface area contributed by atoms with Gasteiger partial charge in [0, 0.05) is 30.1 Å². The fourth-order valence-corrected chi connectivity index (χ4v) is 4.61. The van der Waals surface area contributed by atoms with Gasteiger partial charge in [-0.25, -0.2) is 9.37 Å². The number of aromatic nitrogens is 1. The van der Waals surface area contributed by atoms with E-state index < -0.39 is 11.3 Å². The van der Waals surface area contributed by atoms with E-state index in [1.54, 1.807) is 29.3 Å². The van der Waals surface area contributed by atoms with Gasteiger partial charge in [0.2, 0.25) is 0 Å². The summed E-state index contributed by atoms with van der Waals surface area (Å²) in [4.78, 5) is 19.3. The molecule has 0 aliphatic carbocycles. The lowest BCUT2D eigenvalue weighted by Crippen LogP contribution is -2.53. The molecular weight excluding hydrogens is 411 g/mol. The maximum Gasteiger partial charge on any atom is 0.254 e. The second kappa shape index (κ2) is 8.13. The maximum absolute atomic E-state index is 13.7. The van der Waals surface area contributed by atoms with E-state index in [4.69, 9.17) is 18.9 Å². The van der Waals surface area contributed by atoms with Crippen LogP contribution in [0, 0.1) is 0 Å². The highest BCUT2D eigenvalue weighted by Gasteiger charge is 2.52. The van der Waals surface area contributed by atoms with Crippen molar-refractivity contribution >= 4 is 17.2 Å². The maximum atomic E-state index is 13.7. The number of hydrogen-bond acceptors (Lipinski definition) is 7. The monoisotopic (exact) mass is 436 g/mol. The number of amides is 1. The number of alkyl halides is 1. The molecule has 2 aliphatic heterocycles. The molecule has 4 rings (SSSR count). The van der Waals surface area contributed by atoms with Crippen molar-refractivity contribution < 1.29 is 28.1 Å². The van der Waals surface area contributed by atoms with Crippen LogP contribution in [-0.4, -0.2) is 61.2 Å². The summed E-state index contributed by atoms with van der Waals surface area (Å²) in [5.74, 6) is 0.655. The molecule has 0 N–H and O–H groups in total. The molecule has 2 unspecified atom stereocenters. The first-order chi connectivity index (χ1) is 14.3.